The molecular weight excluding hydrogens is 534 g/mol. The van der Waals surface area contributed by atoms with Crippen LogP contribution in [0.4, 0.5) is 19.0 Å². The lowest BCUT2D eigenvalue weighted by atomic mass is 10.1. The third-order valence-corrected chi connectivity index (χ3v) is 4.90. The van der Waals surface area contributed by atoms with Gasteiger partial charge in [0.15, 0.2) is 5.96 Å². The molecule has 0 fully saturated rings. The van der Waals surface area contributed by atoms with Gasteiger partial charge in [-0.25, -0.2) is 4.98 Å². The summed E-state index contributed by atoms with van der Waals surface area (Å²) in [5.74, 6) is 1.15. The Labute approximate surface area is 204 Å². The van der Waals surface area contributed by atoms with E-state index < -0.39 is 11.7 Å². The van der Waals surface area contributed by atoms with Gasteiger partial charge in [0.2, 0.25) is 0 Å². The third kappa shape index (κ3) is 8.47. The van der Waals surface area contributed by atoms with Gasteiger partial charge in [0, 0.05) is 44.6 Å². The zero-order valence-corrected chi connectivity index (χ0v) is 21.5. The number of hydrogen-bond acceptors (Lipinski definition) is 4. The van der Waals surface area contributed by atoms with E-state index in [0.29, 0.717) is 25.3 Å². The van der Waals surface area contributed by atoms with Gasteiger partial charge in [0.25, 0.3) is 0 Å². The molecule has 0 radical (unpaired) electrons. The first-order valence-corrected chi connectivity index (χ1v) is 10.4. The fourth-order valence-electron chi connectivity index (χ4n) is 3.18. The van der Waals surface area contributed by atoms with Gasteiger partial charge in [0.05, 0.1) is 11.3 Å². The lowest BCUT2D eigenvalue weighted by Crippen LogP contribution is -2.43. The summed E-state index contributed by atoms with van der Waals surface area (Å²) in [4.78, 5) is 8.39. The van der Waals surface area contributed by atoms with Gasteiger partial charge in [0.1, 0.15) is 5.82 Å². The van der Waals surface area contributed by atoms with Crippen molar-refractivity contribution in [2.24, 2.45) is 12.0 Å². The predicted octanol–water partition coefficient (Wildman–Crippen LogP) is 4.06. The molecule has 0 saturated heterocycles. The second-order valence-electron chi connectivity index (χ2n) is 7.49. The van der Waals surface area contributed by atoms with E-state index in [1.807, 2.05) is 25.6 Å². The van der Waals surface area contributed by atoms with Gasteiger partial charge in [-0.3, -0.25) is 9.67 Å². The van der Waals surface area contributed by atoms with E-state index in [-0.39, 0.29) is 30.0 Å². The average molecular weight is 567 g/mol. The van der Waals surface area contributed by atoms with Crippen LogP contribution >= 0.6 is 24.0 Å². The third-order valence-electron chi connectivity index (χ3n) is 4.90. The van der Waals surface area contributed by atoms with Crippen molar-refractivity contribution in [3.63, 3.8) is 0 Å². The van der Waals surface area contributed by atoms with Crippen LogP contribution in [-0.4, -0.2) is 46.4 Å². The maximum absolute atomic E-state index is 12.6. The number of pyridine rings is 1. The highest BCUT2D eigenvalue weighted by atomic mass is 127. The lowest BCUT2D eigenvalue weighted by molar-refractivity contribution is -0.137. The van der Waals surface area contributed by atoms with Crippen LogP contribution in [0.2, 0.25) is 0 Å². The van der Waals surface area contributed by atoms with Gasteiger partial charge in [-0.2, -0.15) is 18.3 Å². The first-order chi connectivity index (χ1) is 14.6. The molecule has 0 aliphatic heterocycles. The van der Waals surface area contributed by atoms with Crippen LogP contribution in [0.3, 0.4) is 0 Å². The number of nitrogens with zero attached hydrogens (tertiary/aromatic N) is 4. The molecule has 2 aromatic heterocycles. The first kappa shape index (κ1) is 28.0. The molecule has 0 amide bonds. The van der Waals surface area contributed by atoms with Crippen molar-refractivity contribution in [1.82, 2.24) is 25.4 Å². The summed E-state index contributed by atoms with van der Waals surface area (Å²) in [5.41, 5.74) is 2.69. The fraction of sp³-hybridized carbons (Fsp3) is 0.571. The average Bonchev–Trinajstić information content (AvgIpc) is 2.93. The van der Waals surface area contributed by atoms with Crippen LogP contribution in [0.1, 0.15) is 42.8 Å². The quantitative estimate of drug-likeness (QED) is 0.185. The molecule has 0 bridgehead atoms. The van der Waals surface area contributed by atoms with Crippen LogP contribution < -0.4 is 16.0 Å². The van der Waals surface area contributed by atoms with Gasteiger partial charge in [-0.1, -0.05) is 0 Å². The molecule has 3 N–H and O–H groups in total. The van der Waals surface area contributed by atoms with E-state index in [4.69, 9.17) is 0 Å². The highest BCUT2D eigenvalue weighted by molar-refractivity contribution is 14.0. The molecule has 0 aliphatic carbocycles. The molecule has 0 spiro atoms. The predicted molar refractivity (Wildman–Crippen MR) is 133 cm³/mol. The Hall–Kier alpha value is -2.05. The molecule has 2 aromatic rings. The number of halogens is 4. The van der Waals surface area contributed by atoms with E-state index in [2.05, 4.69) is 44.9 Å². The second kappa shape index (κ2) is 12.9. The number of nitrogens with one attached hydrogen (secondary N) is 3. The summed E-state index contributed by atoms with van der Waals surface area (Å²) >= 11 is 0. The van der Waals surface area contributed by atoms with Gasteiger partial charge in [-0.15, -0.1) is 24.0 Å². The van der Waals surface area contributed by atoms with E-state index in [0.717, 1.165) is 42.6 Å². The highest BCUT2D eigenvalue weighted by Gasteiger charge is 2.30. The van der Waals surface area contributed by atoms with Gasteiger partial charge in [-0.05, 0) is 58.2 Å². The summed E-state index contributed by atoms with van der Waals surface area (Å²) in [5, 5.41) is 14.1. The van der Waals surface area contributed by atoms with Crippen molar-refractivity contribution in [2.45, 2.75) is 52.8 Å². The molecule has 7 nitrogen and oxygen atoms in total. The lowest BCUT2D eigenvalue weighted by Gasteiger charge is -2.18. The largest absolute Gasteiger partial charge is 0.417 e. The van der Waals surface area contributed by atoms with Crippen LogP contribution in [0.15, 0.2) is 23.3 Å². The van der Waals surface area contributed by atoms with Crippen molar-refractivity contribution in [1.29, 1.82) is 0 Å². The number of rotatable bonds is 9. The van der Waals surface area contributed by atoms with Gasteiger partial charge < -0.3 is 16.0 Å². The Balaban J connectivity index is 0.00000512. The number of hydrogen-bond donors (Lipinski definition) is 3. The molecule has 11 heteroatoms. The zero-order valence-electron chi connectivity index (χ0n) is 19.2. The number of anilines is 1. The molecule has 0 aromatic carbocycles. The topological polar surface area (TPSA) is 79.2 Å². The molecule has 0 aliphatic rings. The van der Waals surface area contributed by atoms with Crippen LogP contribution in [0, 0.1) is 13.8 Å². The van der Waals surface area contributed by atoms with Crippen molar-refractivity contribution in [3.8, 4) is 0 Å². The Bertz CT molecular complexity index is 864. The SMILES string of the molecule is CCNC(=NCCCNc1ccc(C(F)(F)F)cn1)NC(C)Cc1c(C)nn(C)c1C.I. The van der Waals surface area contributed by atoms with E-state index in [1.54, 1.807) is 0 Å². The Morgan fingerprint density at radius 2 is 1.97 bits per heavy atom. The van der Waals surface area contributed by atoms with Gasteiger partial charge >= 0.3 is 6.18 Å². The summed E-state index contributed by atoms with van der Waals surface area (Å²) in [6.45, 7) is 10.1. The highest BCUT2D eigenvalue weighted by Crippen LogP contribution is 2.28. The number of guanidine groups is 1. The zero-order chi connectivity index (χ0) is 23.0. The molecule has 32 heavy (non-hydrogen) atoms. The second-order valence-corrected chi connectivity index (χ2v) is 7.49. The number of aryl methyl sites for hydroxylation is 2. The molecule has 2 heterocycles. The van der Waals surface area contributed by atoms with Crippen LogP contribution in [0.25, 0.3) is 0 Å². The van der Waals surface area contributed by atoms with E-state index in [1.165, 1.54) is 11.6 Å². The van der Waals surface area contributed by atoms with Crippen molar-refractivity contribution in [3.05, 3.63) is 40.8 Å². The Kier molecular flexibility index (Phi) is 11.2. The van der Waals surface area contributed by atoms with Crippen molar-refractivity contribution in [2.75, 3.05) is 25.0 Å². The fourth-order valence-corrected chi connectivity index (χ4v) is 3.18. The van der Waals surface area contributed by atoms with Crippen molar-refractivity contribution >= 4 is 35.8 Å². The summed E-state index contributed by atoms with van der Waals surface area (Å²) in [7, 11) is 1.95. The number of aliphatic imine (C=N–C) groups is 1. The molecule has 2 rings (SSSR count). The van der Waals surface area contributed by atoms with E-state index >= 15 is 0 Å². The minimum absolute atomic E-state index is 0. The molecule has 1 unspecified atom stereocenters. The van der Waals surface area contributed by atoms with Crippen LogP contribution in [0.5, 0.6) is 0 Å². The van der Waals surface area contributed by atoms with Crippen LogP contribution in [-0.2, 0) is 19.6 Å². The molecular formula is C21H33F3IN7. The number of alkyl halides is 3. The summed E-state index contributed by atoms with van der Waals surface area (Å²) in [6.07, 6.45) is -1.98. The van der Waals surface area contributed by atoms with E-state index in [9.17, 15) is 13.2 Å². The monoisotopic (exact) mass is 567 g/mol. The maximum atomic E-state index is 12.6. The standard InChI is InChI=1S/C21H32F3N7.HI/c1-6-25-20(29-14(2)12-18-15(3)30-31(5)16(18)4)27-11-7-10-26-19-9-8-17(13-28-19)21(22,23)24;/h8-9,13-14H,6-7,10-12H2,1-5H3,(H,26,28)(H2,25,27,29);1H. The normalized spacial score (nSPS) is 12.8. The van der Waals surface area contributed by atoms with Crippen molar-refractivity contribution < 1.29 is 13.2 Å². The smallest absolute Gasteiger partial charge is 0.370 e. The molecule has 0 saturated carbocycles. The molecule has 1 atom stereocenters. The Morgan fingerprint density at radius 3 is 2.50 bits per heavy atom. The first-order valence-electron chi connectivity index (χ1n) is 10.4. The molecule has 180 valence electrons. The maximum Gasteiger partial charge on any atom is 0.417 e. The number of aromatic nitrogens is 3. The Morgan fingerprint density at radius 1 is 1.25 bits per heavy atom. The minimum Gasteiger partial charge on any atom is -0.370 e. The summed E-state index contributed by atoms with van der Waals surface area (Å²) in [6, 6.07) is 2.53. The summed E-state index contributed by atoms with van der Waals surface area (Å²) < 4.78 is 39.6. The minimum atomic E-state index is -4.37.